The number of methoxy groups -OCH3 is 1. The minimum absolute atomic E-state index is 0.133. The topological polar surface area (TPSA) is 115 Å². The van der Waals surface area contributed by atoms with Crippen molar-refractivity contribution in [2.45, 2.75) is 6.54 Å². The second kappa shape index (κ2) is 10.0. The Morgan fingerprint density at radius 2 is 1.64 bits per heavy atom. The molecule has 0 unspecified atom stereocenters. The first-order valence-electron chi connectivity index (χ1n) is 11.1. The fourth-order valence-corrected chi connectivity index (χ4v) is 3.94. The SMILES string of the molecule is COC(=O)N(NC(=O)c1c(Cn2ncnn2)c(-c2ccccc2)nc2ccccc12)c1ccccc1. The number of hydrogen-bond donors (Lipinski definition) is 1. The highest BCUT2D eigenvalue weighted by atomic mass is 16.5. The number of pyridine rings is 1. The van der Waals surface area contributed by atoms with E-state index in [1.54, 1.807) is 24.3 Å². The number of benzene rings is 3. The number of fused-ring (bicyclic) bond motifs is 1. The van der Waals surface area contributed by atoms with Gasteiger partial charge in [-0.3, -0.25) is 10.2 Å². The maximum absolute atomic E-state index is 13.9. The summed E-state index contributed by atoms with van der Waals surface area (Å²) < 4.78 is 4.93. The summed E-state index contributed by atoms with van der Waals surface area (Å²) in [7, 11) is 1.25. The molecule has 10 heteroatoms. The zero-order chi connectivity index (χ0) is 24.9. The van der Waals surface area contributed by atoms with Gasteiger partial charge in [-0.15, -0.1) is 10.2 Å². The zero-order valence-electron chi connectivity index (χ0n) is 19.3. The third-order valence-corrected chi connectivity index (χ3v) is 5.54. The molecule has 0 fully saturated rings. The Hall–Kier alpha value is -5.12. The Morgan fingerprint density at radius 3 is 2.33 bits per heavy atom. The van der Waals surface area contributed by atoms with Gasteiger partial charge in [0.2, 0.25) is 0 Å². The minimum Gasteiger partial charge on any atom is -0.451 e. The van der Waals surface area contributed by atoms with Crippen LogP contribution in [0, 0.1) is 0 Å². The molecular weight excluding hydrogens is 458 g/mol. The van der Waals surface area contributed by atoms with Crippen LogP contribution in [0.4, 0.5) is 10.5 Å². The summed E-state index contributed by atoms with van der Waals surface area (Å²) in [6.45, 7) is 0.133. The number of tetrazole rings is 1. The monoisotopic (exact) mass is 479 g/mol. The van der Waals surface area contributed by atoms with Gasteiger partial charge < -0.3 is 4.74 Å². The van der Waals surface area contributed by atoms with E-state index >= 15 is 0 Å². The number of nitrogens with one attached hydrogen (secondary N) is 1. The summed E-state index contributed by atoms with van der Waals surface area (Å²) in [5.74, 6) is -0.518. The van der Waals surface area contributed by atoms with Crippen molar-refractivity contribution in [2.75, 3.05) is 12.1 Å². The van der Waals surface area contributed by atoms with E-state index in [4.69, 9.17) is 9.72 Å². The van der Waals surface area contributed by atoms with Crippen LogP contribution in [-0.2, 0) is 11.3 Å². The molecule has 5 rings (SSSR count). The molecule has 0 aliphatic carbocycles. The van der Waals surface area contributed by atoms with Crippen molar-refractivity contribution in [2.24, 2.45) is 0 Å². The van der Waals surface area contributed by atoms with Gasteiger partial charge in [-0.05, 0) is 23.4 Å². The Bertz CT molecular complexity index is 1510. The predicted octanol–water partition coefficient (Wildman–Crippen LogP) is 3.85. The maximum Gasteiger partial charge on any atom is 0.433 e. The molecule has 178 valence electrons. The summed E-state index contributed by atoms with van der Waals surface area (Å²) in [5, 5.41) is 13.6. The van der Waals surface area contributed by atoms with E-state index in [-0.39, 0.29) is 6.54 Å². The number of ether oxygens (including phenoxy) is 1. The lowest BCUT2D eigenvalue weighted by Gasteiger charge is -2.23. The van der Waals surface area contributed by atoms with E-state index in [1.807, 2.05) is 60.7 Å². The lowest BCUT2D eigenvalue weighted by atomic mass is 9.96. The largest absolute Gasteiger partial charge is 0.451 e. The molecule has 0 atom stereocenters. The third kappa shape index (κ3) is 4.47. The summed E-state index contributed by atoms with van der Waals surface area (Å²) in [4.78, 5) is 32.8. The summed E-state index contributed by atoms with van der Waals surface area (Å²) >= 11 is 0. The standard InChI is InChI=1S/C26H21N7O3/c1-36-26(35)33(19-12-6-3-7-13-19)30-25(34)23-20-14-8-9-15-22(20)29-24(18-10-4-2-5-11-18)21(23)16-32-28-17-27-31-32/h2-15,17H,16H2,1H3,(H,30,34). The van der Waals surface area contributed by atoms with Crippen LogP contribution in [0.2, 0.25) is 0 Å². The van der Waals surface area contributed by atoms with Crippen molar-refractivity contribution in [3.05, 3.63) is 102 Å². The van der Waals surface area contributed by atoms with E-state index in [1.165, 1.54) is 18.2 Å². The molecule has 0 aliphatic rings. The van der Waals surface area contributed by atoms with Crippen LogP contribution in [0.1, 0.15) is 15.9 Å². The van der Waals surface area contributed by atoms with Crippen molar-refractivity contribution in [1.82, 2.24) is 30.6 Å². The molecule has 0 saturated carbocycles. The molecule has 1 N–H and O–H groups in total. The number of hydrazine groups is 1. The molecule has 0 saturated heterocycles. The number of carbonyl (C=O) groups is 2. The van der Waals surface area contributed by atoms with Gasteiger partial charge in [-0.1, -0.05) is 66.7 Å². The second-order valence-corrected chi connectivity index (χ2v) is 7.75. The van der Waals surface area contributed by atoms with E-state index in [9.17, 15) is 9.59 Å². The molecule has 3 aromatic carbocycles. The molecule has 0 bridgehead atoms. The van der Waals surface area contributed by atoms with Crippen molar-refractivity contribution in [3.63, 3.8) is 0 Å². The first kappa shape index (κ1) is 22.7. The first-order valence-corrected chi connectivity index (χ1v) is 11.1. The van der Waals surface area contributed by atoms with E-state index in [2.05, 4.69) is 20.8 Å². The Morgan fingerprint density at radius 1 is 0.944 bits per heavy atom. The number of anilines is 1. The van der Waals surface area contributed by atoms with Gasteiger partial charge in [0.15, 0.2) is 6.33 Å². The second-order valence-electron chi connectivity index (χ2n) is 7.75. The van der Waals surface area contributed by atoms with Gasteiger partial charge in [0.05, 0.1) is 36.1 Å². The minimum atomic E-state index is -0.740. The normalized spacial score (nSPS) is 10.7. The highest BCUT2D eigenvalue weighted by Gasteiger charge is 2.26. The van der Waals surface area contributed by atoms with Crippen LogP contribution in [0.25, 0.3) is 22.2 Å². The molecule has 10 nitrogen and oxygen atoms in total. The summed E-state index contributed by atoms with van der Waals surface area (Å²) in [5.41, 5.74) is 6.12. The van der Waals surface area contributed by atoms with Gasteiger partial charge in [0.1, 0.15) is 0 Å². The predicted molar refractivity (Wildman–Crippen MR) is 133 cm³/mol. The number of para-hydroxylation sites is 2. The highest BCUT2D eigenvalue weighted by Crippen LogP contribution is 2.31. The maximum atomic E-state index is 13.9. The van der Waals surface area contributed by atoms with E-state index < -0.39 is 12.0 Å². The summed E-state index contributed by atoms with van der Waals surface area (Å²) in [6, 6.07) is 25.6. The highest BCUT2D eigenvalue weighted by molar-refractivity contribution is 6.10. The quantitative estimate of drug-likeness (QED) is 0.381. The smallest absolute Gasteiger partial charge is 0.433 e. The Kier molecular flexibility index (Phi) is 6.31. The van der Waals surface area contributed by atoms with Gasteiger partial charge in [-0.25, -0.2) is 9.78 Å². The number of hydrogen-bond acceptors (Lipinski definition) is 7. The Balaban J connectivity index is 1.70. The van der Waals surface area contributed by atoms with Crippen LogP contribution in [0.5, 0.6) is 0 Å². The van der Waals surface area contributed by atoms with Crippen LogP contribution in [0.3, 0.4) is 0 Å². The molecule has 2 heterocycles. The average Bonchev–Trinajstić information content (AvgIpc) is 3.45. The van der Waals surface area contributed by atoms with Gasteiger partial charge >= 0.3 is 6.09 Å². The van der Waals surface area contributed by atoms with Crippen molar-refractivity contribution >= 4 is 28.6 Å². The number of amides is 2. The van der Waals surface area contributed by atoms with Gasteiger partial charge in [0.25, 0.3) is 5.91 Å². The first-order chi connectivity index (χ1) is 17.7. The number of carbonyl (C=O) groups excluding carboxylic acids is 2. The third-order valence-electron chi connectivity index (χ3n) is 5.54. The molecule has 0 radical (unpaired) electrons. The molecule has 0 aliphatic heterocycles. The van der Waals surface area contributed by atoms with Crippen LogP contribution >= 0.6 is 0 Å². The van der Waals surface area contributed by atoms with Crippen LogP contribution in [0.15, 0.2) is 91.3 Å². The number of rotatable bonds is 5. The molecule has 0 spiro atoms. The van der Waals surface area contributed by atoms with Gasteiger partial charge in [-0.2, -0.15) is 9.81 Å². The van der Waals surface area contributed by atoms with Crippen molar-refractivity contribution in [1.29, 1.82) is 0 Å². The molecule has 36 heavy (non-hydrogen) atoms. The summed E-state index contributed by atoms with van der Waals surface area (Å²) in [6.07, 6.45) is 0.584. The van der Waals surface area contributed by atoms with Gasteiger partial charge in [0, 0.05) is 16.5 Å². The fraction of sp³-hybridized carbons (Fsp3) is 0.0769. The molecule has 2 aromatic heterocycles. The van der Waals surface area contributed by atoms with Crippen molar-refractivity contribution < 1.29 is 14.3 Å². The number of nitrogens with zero attached hydrogens (tertiary/aromatic N) is 6. The zero-order valence-corrected chi connectivity index (χ0v) is 19.3. The fourth-order valence-electron chi connectivity index (χ4n) is 3.94. The molecule has 5 aromatic rings. The van der Waals surface area contributed by atoms with Crippen LogP contribution in [-0.4, -0.2) is 44.3 Å². The van der Waals surface area contributed by atoms with Crippen LogP contribution < -0.4 is 10.4 Å². The number of aromatic nitrogens is 5. The Labute approximate surface area is 206 Å². The lowest BCUT2D eigenvalue weighted by Crippen LogP contribution is -2.47. The van der Waals surface area contributed by atoms with E-state index in [0.717, 1.165) is 10.6 Å². The lowest BCUT2D eigenvalue weighted by molar-refractivity contribution is 0.0941. The molecular formula is C26H21N7O3. The molecule has 2 amide bonds. The van der Waals surface area contributed by atoms with E-state index in [0.29, 0.717) is 33.4 Å². The average molecular weight is 480 g/mol. The van der Waals surface area contributed by atoms with Crippen molar-refractivity contribution in [3.8, 4) is 11.3 Å².